The highest BCUT2D eigenvalue weighted by molar-refractivity contribution is 5.36. The predicted molar refractivity (Wildman–Crippen MR) is 72.0 cm³/mol. The average molecular weight is 250 g/mol. The normalized spacial score (nSPS) is 18.5. The molecule has 3 N–H and O–H groups in total. The maximum absolute atomic E-state index is 13.5. The van der Waals surface area contributed by atoms with Gasteiger partial charge in [0.15, 0.2) is 12.3 Å². The molecule has 0 aromatic heterocycles. The third kappa shape index (κ3) is 3.60. The van der Waals surface area contributed by atoms with Crippen LogP contribution < -0.4 is 11.3 Å². The van der Waals surface area contributed by atoms with Crippen molar-refractivity contribution >= 4 is 0 Å². The highest BCUT2D eigenvalue weighted by Gasteiger charge is 2.17. The number of nitrogens with two attached hydrogens (primary N) is 1. The number of allylic oxidation sites excluding steroid dienone is 4. The Labute approximate surface area is 107 Å². The lowest BCUT2D eigenvalue weighted by Crippen LogP contribution is -2.22. The van der Waals surface area contributed by atoms with E-state index in [-0.39, 0.29) is 0 Å². The van der Waals surface area contributed by atoms with Crippen LogP contribution in [-0.4, -0.2) is 12.3 Å². The van der Waals surface area contributed by atoms with Crippen molar-refractivity contribution in [3.8, 4) is 0 Å². The fourth-order valence-electron chi connectivity index (χ4n) is 1.59. The molecule has 0 saturated carbocycles. The average Bonchev–Trinajstić information content (AvgIpc) is 2.56. The molecule has 0 aromatic carbocycles. The lowest BCUT2D eigenvalue weighted by atomic mass is 10.2. The molecule has 2 atom stereocenters. The third-order valence-electron chi connectivity index (χ3n) is 2.62. The molecule has 1 aliphatic rings. The number of alkyl halides is 1. The second-order valence-corrected chi connectivity index (χ2v) is 3.93. The van der Waals surface area contributed by atoms with E-state index in [1.807, 2.05) is 25.2 Å². The Hall–Kier alpha value is -1.81. The van der Waals surface area contributed by atoms with Gasteiger partial charge >= 0.3 is 0 Å². The summed E-state index contributed by atoms with van der Waals surface area (Å²) < 4.78 is 19.0. The van der Waals surface area contributed by atoms with Gasteiger partial charge in [0.25, 0.3) is 0 Å². The fraction of sp³-hybridized carbons (Fsp3) is 0.286. The molecule has 98 valence electrons. The molecule has 0 heterocycles. The minimum Gasteiger partial charge on any atom is -0.483 e. The topological polar surface area (TPSA) is 47.3 Å². The van der Waals surface area contributed by atoms with Gasteiger partial charge in [0, 0.05) is 5.70 Å². The molecule has 0 aliphatic heterocycles. The van der Waals surface area contributed by atoms with Gasteiger partial charge < -0.3 is 10.2 Å². The van der Waals surface area contributed by atoms with Crippen molar-refractivity contribution in [2.45, 2.75) is 25.6 Å². The Kier molecular flexibility index (Phi) is 5.39. The minimum absolute atomic E-state index is 0.600. The van der Waals surface area contributed by atoms with Crippen LogP contribution in [0.4, 0.5) is 4.39 Å². The van der Waals surface area contributed by atoms with Crippen LogP contribution in [0.3, 0.4) is 0 Å². The van der Waals surface area contributed by atoms with Crippen molar-refractivity contribution in [1.29, 1.82) is 0 Å². The van der Waals surface area contributed by atoms with Gasteiger partial charge in [0.2, 0.25) is 0 Å². The summed E-state index contributed by atoms with van der Waals surface area (Å²) in [6.45, 7) is 8.87. The van der Waals surface area contributed by atoms with Crippen molar-refractivity contribution in [2.75, 3.05) is 0 Å². The zero-order valence-corrected chi connectivity index (χ0v) is 10.5. The number of nitrogens with one attached hydrogen (secondary N) is 1. The zero-order valence-electron chi connectivity index (χ0n) is 10.5. The Bertz CT molecular complexity index is 410. The number of halogens is 1. The van der Waals surface area contributed by atoms with Crippen molar-refractivity contribution in [3.05, 3.63) is 60.6 Å². The largest absolute Gasteiger partial charge is 0.483 e. The van der Waals surface area contributed by atoms with Gasteiger partial charge in [0.05, 0.1) is 0 Å². The van der Waals surface area contributed by atoms with E-state index in [4.69, 9.17) is 10.6 Å². The van der Waals surface area contributed by atoms with Crippen LogP contribution in [0, 0.1) is 0 Å². The van der Waals surface area contributed by atoms with Crippen molar-refractivity contribution < 1.29 is 9.13 Å². The van der Waals surface area contributed by atoms with Crippen LogP contribution in [-0.2, 0) is 4.74 Å². The molecule has 1 aliphatic carbocycles. The number of rotatable bonds is 6. The molecule has 4 heteroatoms. The summed E-state index contributed by atoms with van der Waals surface area (Å²) in [7, 11) is 0. The first-order valence-electron chi connectivity index (χ1n) is 5.73. The molecule has 1 rings (SSSR count). The summed E-state index contributed by atoms with van der Waals surface area (Å²) >= 11 is 0. The van der Waals surface area contributed by atoms with Crippen LogP contribution in [0.1, 0.15) is 13.3 Å². The van der Waals surface area contributed by atoms with E-state index >= 15 is 0 Å². The standard InChI is InChI=1S/C14H19FN2O/c1-4-12(15)14(5-2)18-11-7-6-8-13(17-16)10(3)9-11/h4-5,7-9,12,14,17H,1-2,6,16H2,3H3. The van der Waals surface area contributed by atoms with E-state index < -0.39 is 12.3 Å². The highest BCUT2D eigenvalue weighted by atomic mass is 19.1. The predicted octanol–water partition coefficient (Wildman–Crippen LogP) is 2.66. The van der Waals surface area contributed by atoms with Crippen LogP contribution in [0.5, 0.6) is 0 Å². The van der Waals surface area contributed by atoms with E-state index in [1.54, 1.807) is 0 Å². The van der Waals surface area contributed by atoms with Gasteiger partial charge in [-0.05, 0) is 37.1 Å². The van der Waals surface area contributed by atoms with E-state index in [2.05, 4.69) is 18.6 Å². The molecule has 2 unspecified atom stereocenters. The monoisotopic (exact) mass is 250 g/mol. The highest BCUT2D eigenvalue weighted by Crippen LogP contribution is 2.19. The zero-order chi connectivity index (χ0) is 13.5. The summed E-state index contributed by atoms with van der Waals surface area (Å²) in [5.41, 5.74) is 4.37. The lowest BCUT2D eigenvalue weighted by Gasteiger charge is -2.18. The van der Waals surface area contributed by atoms with E-state index in [0.29, 0.717) is 12.2 Å². The minimum atomic E-state index is -1.28. The van der Waals surface area contributed by atoms with Crippen molar-refractivity contribution in [1.82, 2.24) is 5.43 Å². The molecule has 3 nitrogen and oxygen atoms in total. The van der Waals surface area contributed by atoms with Crippen molar-refractivity contribution in [2.24, 2.45) is 5.84 Å². The maximum Gasteiger partial charge on any atom is 0.158 e. The molecule has 0 bridgehead atoms. The molecule has 0 saturated heterocycles. The number of hydrogen-bond acceptors (Lipinski definition) is 3. The fourth-order valence-corrected chi connectivity index (χ4v) is 1.59. The maximum atomic E-state index is 13.5. The van der Waals surface area contributed by atoms with Gasteiger partial charge in [0.1, 0.15) is 5.76 Å². The van der Waals surface area contributed by atoms with E-state index in [0.717, 1.165) is 11.3 Å². The molecule has 0 spiro atoms. The Morgan fingerprint density at radius 1 is 1.44 bits per heavy atom. The second-order valence-electron chi connectivity index (χ2n) is 3.93. The number of hydrogen-bond donors (Lipinski definition) is 2. The first kappa shape index (κ1) is 14.3. The number of ether oxygens (including phenoxy) is 1. The van der Waals surface area contributed by atoms with Crippen LogP contribution in [0.2, 0.25) is 0 Å². The van der Waals surface area contributed by atoms with Gasteiger partial charge in [-0.2, -0.15) is 0 Å². The van der Waals surface area contributed by atoms with Gasteiger partial charge in [-0.1, -0.05) is 18.7 Å². The SMILES string of the molecule is C=CC(F)C(C=C)OC1=CCC=C(NN)C(C)=C1. The van der Waals surface area contributed by atoms with Crippen LogP contribution in [0.25, 0.3) is 0 Å². The third-order valence-corrected chi connectivity index (χ3v) is 2.62. The molecule has 0 amide bonds. The molecule has 0 radical (unpaired) electrons. The summed E-state index contributed by atoms with van der Waals surface area (Å²) in [6.07, 6.45) is 6.89. The summed E-state index contributed by atoms with van der Waals surface area (Å²) in [6, 6.07) is 0. The Morgan fingerprint density at radius 3 is 2.72 bits per heavy atom. The van der Waals surface area contributed by atoms with Crippen LogP contribution >= 0.6 is 0 Å². The first-order valence-corrected chi connectivity index (χ1v) is 5.73. The quantitative estimate of drug-likeness (QED) is 0.433. The molecule has 0 fully saturated rings. The van der Waals surface area contributed by atoms with Crippen molar-refractivity contribution in [3.63, 3.8) is 0 Å². The number of hydrazine groups is 1. The van der Waals surface area contributed by atoms with E-state index in [9.17, 15) is 4.39 Å². The summed E-state index contributed by atoms with van der Waals surface area (Å²) in [5.74, 6) is 5.99. The van der Waals surface area contributed by atoms with Gasteiger partial charge in [-0.25, -0.2) is 4.39 Å². The molecule has 0 aromatic rings. The molecular weight excluding hydrogens is 231 g/mol. The molecular formula is C14H19FN2O. The van der Waals surface area contributed by atoms with Crippen LogP contribution in [0.15, 0.2) is 60.6 Å². The summed E-state index contributed by atoms with van der Waals surface area (Å²) in [4.78, 5) is 0. The first-order chi connectivity index (χ1) is 8.62. The lowest BCUT2D eigenvalue weighted by molar-refractivity contribution is 0.105. The van der Waals surface area contributed by atoms with Gasteiger partial charge in [-0.15, -0.1) is 6.58 Å². The van der Waals surface area contributed by atoms with E-state index in [1.165, 1.54) is 12.2 Å². The summed E-state index contributed by atoms with van der Waals surface area (Å²) in [5, 5.41) is 0. The Balaban J connectivity index is 2.80. The van der Waals surface area contributed by atoms with Gasteiger partial charge in [-0.3, -0.25) is 5.84 Å². The Morgan fingerprint density at radius 2 is 2.17 bits per heavy atom. The smallest absolute Gasteiger partial charge is 0.158 e. The second kappa shape index (κ2) is 6.81. The molecule has 18 heavy (non-hydrogen) atoms.